The van der Waals surface area contributed by atoms with E-state index in [1.165, 1.54) is 18.2 Å². The van der Waals surface area contributed by atoms with Gasteiger partial charge in [0.05, 0.1) is 17.9 Å². The van der Waals surface area contributed by atoms with Crippen molar-refractivity contribution in [1.29, 1.82) is 5.26 Å². The van der Waals surface area contributed by atoms with Gasteiger partial charge in [-0.25, -0.2) is 8.78 Å². The summed E-state index contributed by atoms with van der Waals surface area (Å²) >= 11 is 7.35. The van der Waals surface area contributed by atoms with Gasteiger partial charge in [-0.2, -0.15) is 5.26 Å². The van der Waals surface area contributed by atoms with Crippen LogP contribution in [0.5, 0.6) is 0 Å². The second-order valence-electron chi connectivity index (χ2n) is 4.90. The van der Waals surface area contributed by atoms with Crippen LogP contribution in [0.4, 0.5) is 8.78 Å². The van der Waals surface area contributed by atoms with Crippen molar-refractivity contribution in [3.63, 3.8) is 0 Å². The molecule has 3 rings (SSSR count). The molecule has 1 saturated carbocycles. The lowest BCUT2D eigenvalue weighted by Gasteiger charge is -2.10. The molecule has 144 valence electrons. The van der Waals surface area contributed by atoms with Crippen molar-refractivity contribution in [2.75, 3.05) is 11.1 Å². The Morgan fingerprint density at radius 2 is 1.78 bits per heavy atom. The monoisotopic (exact) mass is 465 g/mol. The van der Waals surface area contributed by atoms with Gasteiger partial charge in [-0.3, -0.25) is 4.79 Å². The Morgan fingerprint density at radius 1 is 1.26 bits per heavy atom. The van der Waals surface area contributed by atoms with Gasteiger partial charge in [0.25, 0.3) is 0 Å². The van der Waals surface area contributed by atoms with Gasteiger partial charge in [-0.15, -0.1) is 11.6 Å². The molecule has 0 bridgehead atoms. The van der Waals surface area contributed by atoms with Crippen LogP contribution in [0.15, 0.2) is 48.5 Å². The van der Waals surface area contributed by atoms with Gasteiger partial charge >= 0.3 is 5.97 Å². The van der Waals surface area contributed by atoms with Gasteiger partial charge in [0.1, 0.15) is 11.6 Å². The number of carboxylic acid groups (broad SMARTS) is 1. The molecule has 0 aliphatic heterocycles. The van der Waals surface area contributed by atoms with Crippen LogP contribution in [-0.2, 0) is 16.6 Å². The summed E-state index contributed by atoms with van der Waals surface area (Å²) in [4.78, 5) is 11.2. The topological polar surface area (TPSA) is 61.1 Å². The number of alkyl halides is 2. The van der Waals surface area contributed by atoms with Crippen molar-refractivity contribution in [2.24, 2.45) is 0 Å². The Hall–Kier alpha value is -1.97. The number of aliphatic carboxylic acids is 1. The van der Waals surface area contributed by atoms with Crippen molar-refractivity contribution < 1.29 is 29.6 Å². The van der Waals surface area contributed by atoms with E-state index in [-0.39, 0.29) is 12.2 Å². The molecule has 0 saturated heterocycles. The smallest absolute Gasteiger partial charge is 0.314 e. The molecule has 0 spiro atoms. The van der Waals surface area contributed by atoms with Gasteiger partial charge in [-0.1, -0.05) is 52.3 Å². The van der Waals surface area contributed by atoms with Crippen molar-refractivity contribution >= 4 is 33.5 Å². The van der Waals surface area contributed by atoms with E-state index in [1.807, 2.05) is 6.07 Å². The second-order valence-corrected chi connectivity index (χ2v) is 5.49. The van der Waals surface area contributed by atoms with Crippen molar-refractivity contribution in [2.45, 2.75) is 24.6 Å². The maximum atomic E-state index is 13.6. The molecule has 1 N–H and O–H groups in total. The molecule has 0 aromatic heterocycles. The highest BCUT2D eigenvalue weighted by Gasteiger charge is 2.53. The summed E-state index contributed by atoms with van der Waals surface area (Å²) in [5, 5.41) is 15.2. The standard InChI is InChI=1S/C10H9FO2.C8H6FN.C2H4BrCl/c11-8-4-2-1-3-7(8)10(5-6-10)9(12)13;9-8-4-2-1-3-7(8)5-6-10;3-1-2-4/h1-4H,5-6H2,(H,12,13);1-4H,5H2;1-2H2/i5D2,6D2;;1D2,2D2. The van der Waals surface area contributed by atoms with Gasteiger partial charge in [0.2, 0.25) is 0 Å². The zero-order chi connectivity index (χ0) is 27.5. The largest absolute Gasteiger partial charge is 0.481 e. The second kappa shape index (κ2) is 11.7. The Kier molecular flexibility index (Phi) is 5.73. The first kappa shape index (κ1) is 13.2. The van der Waals surface area contributed by atoms with E-state index in [0.717, 1.165) is 12.1 Å². The Morgan fingerprint density at radius 3 is 2.19 bits per heavy atom. The van der Waals surface area contributed by atoms with Crippen LogP contribution >= 0.6 is 27.5 Å². The van der Waals surface area contributed by atoms with Crippen molar-refractivity contribution in [3.05, 3.63) is 71.3 Å². The zero-order valence-corrected chi connectivity index (χ0v) is 16.0. The van der Waals surface area contributed by atoms with E-state index < -0.39 is 46.6 Å². The van der Waals surface area contributed by atoms with Gasteiger partial charge in [0, 0.05) is 33.2 Å². The van der Waals surface area contributed by atoms with Gasteiger partial charge < -0.3 is 5.11 Å². The van der Waals surface area contributed by atoms with Crippen LogP contribution in [0.1, 0.15) is 34.8 Å². The fourth-order valence-electron chi connectivity index (χ4n) is 1.91. The molecule has 27 heavy (non-hydrogen) atoms. The Labute approximate surface area is 182 Å². The third-order valence-electron chi connectivity index (χ3n) is 3.24. The van der Waals surface area contributed by atoms with Crippen LogP contribution in [0, 0.1) is 23.0 Å². The molecule has 0 radical (unpaired) electrons. The first-order chi connectivity index (χ1) is 15.8. The molecule has 0 heterocycles. The van der Waals surface area contributed by atoms with Crippen LogP contribution in [0.25, 0.3) is 0 Å². The normalized spacial score (nSPS) is 22.3. The van der Waals surface area contributed by atoms with E-state index in [9.17, 15) is 13.6 Å². The lowest BCUT2D eigenvalue weighted by Crippen LogP contribution is -2.20. The molecule has 2 aromatic carbocycles. The highest BCUT2D eigenvalue weighted by atomic mass is 79.9. The highest BCUT2D eigenvalue weighted by molar-refractivity contribution is 9.09. The molecule has 1 fully saturated rings. The van der Waals surface area contributed by atoms with Crippen molar-refractivity contribution in [1.82, 2.24) is 0 Å². The summed E-state index contributed by atoms with van der Waals surface area (Å²) in [6.07, 6.45) is -5.12. The van der Waals surface area contributed by atoms with Gasteiger partial charge in [0.15, 0.2) is 0 Å². The molecule has 0 unspecified atom stereocenters. The average Bonchev–Trinajstić information content (AvgIpc) is 3.08. The zero-order valence-electron chi connectivity index (χ0n) is 21.6. The van der Waals surface area contributed by atoms with E-state index in [0.29, 0.717) is 5.56 Å². The van der Waals surface area contributed by atoms with Crippen LogP contribution in [0.2, 0.25) is 0 Å². The molecule has 7 heteroatoms. The first-order valence-electron chi connectivity index (χ1n) is 11.3. The maximum Gasteiger partial charge on any atom is 0.314 e. The fraction of sp³-hybridized carbons (Fsp3) is 0.300. The summed E-state index contributed by atoms with van der Waals surface area (Å²) in [5.41, 5.74) is -2.46. The maximum absolute atomic E-state index is 13.6. The number of nitrogens with zero attached hydrogens (tertiary/aromatic N) is 1. The number of nitriles is 1. The predicted molar refractivity (Wildman–Crippen MR) is 105 cm³/mol. The number of hydrogen-bond donors (Lipinski definition) is 1. The molecule has 0 amide bonds. The lowest BCUT2D eigenvalue weighted by molar-refractivity contribution is -0.140. The molecule has 1 aliphatic rings. The summed E-state index contributed by atoms with van der Waals surface area (Å²) in [7, 11) is 0. The fourth-order valence-corrected chi connectivity index (χ4v) is 1.91. The number of benzene rings is 2. The molecular formula is C20H19BrClF2NO2. The minimum absolute atomic E-state index is 0.146. The molecular weight excluding hydrogens is 440 g/mol. The van der Waals surface area contributed by atoms with Crippen LogP contribution in [-0.4, -0.2) is 22.2 Å². The molecule has 0 atom stereocenters. The van der Waals surface area contributed by atoms with E-state index in [4.69, 9.17) is 32.9 Å². The van der Waals surface area contributed by atoms with Crippen molar-refractivity contribution in [3.8, 4) is 6.07 Å². The Bertz CT molecular complexity index is 1080. The SMILES string of the molecule is N#CCc1ccccc1F.[2H]C([2H])(Cl)C([2H])([2H])Br.[2H]C1([2H])C([2H])([2H])C1(C(=O)O)c1ccccc1F. The average molecular weight is 467 g/mol. The summed E-state index contributed by atoms with van der Waals surface area (Å²) in [6.45, 7) is 0. The quantitative estimate of drug-likeness (QED) is 0.609. The molecule has 2 aromatic rings. The Balaban J connectivity index is 0.000000290. The molecule has 1 aliphatic carbocycles. The third-order valence-corrected chi connectivity index (χ3v) is 3.76. The van der Waals surface area contributed by atoms with E-state index >= 15 is 0 Å². The van der Waals surface area contributed by atoms with Crippen LogP contribution in [0.3, 0.4) is 0 Å². The van der Waals surface area contributed by atoms with E-state index in [2.05, 4.69) is 15.9 Å². The number of carboxylic acids is 1. The number of rotatable bonds is 4. The summed E-state index contributed by atoms with van der Waals surface area (Å²) in [6, 6.07) is 13.0. The first-order valence-corrected chi connectivity index (χ1v) is 8.44. The summed E-state index contributed by atoms with van der Waals surface area (Å²) in [5.74, 6) is -5.26. The number of halogens is 4. The minimum atomic E-state index is -2.63. The van der Waals surface area contributed by atoms with Crippen LogP contribution < -0.4 is 0 Å². The predicted octanol–water partition coefficient (Wildman–Crippen LogP) is 5.45. The minimum Gasteiger partial charge on any atom is -0.481 e. The number of carbonyl (C=O) groups is 1. The molecule has 3 nitrogen and oxygen atoms in total. The summed E-state index contributed by atoms with van der Waals surface area (Å²) < 4.78 is 82.6. The van der Waals surface area contributed by atoms with Gasteiger partial charge in [-0.05, 0) is 24.9 Å². The highest BCUT2D eigenvalue weighted by Crippen LogP contribution is 2.49. The lowest BCUT2D eigenvalue weighted by atomic mass is 9.96. The third kappa shape index (κ3) is 6.93. The number of hydrogen-bond acceptors (Lipinski definition) is 2. The van der Waals surface area contributed by atoms with E-state index in [1.54, 1.807) is 18.2 Å².